The van der Waals surface area contributed by atoms with Gasteiger partial charge in [-0.05, 0) is 5.56 Å². The van der Waals surface area contributed by atoms with Crippen LogP contribution < -0.4 is 10.3 Å². The van der Waals surface area contributed by atoms with Crippen LogP contribution in [0.3, 0.4) is 0 Å². The molecule has 0 atom stereocenters. The zero-order valence-electron chi connectivity index (χ0n) is 11.6. The Kier molecular flexibility index (Phi) is 4.59. The number of hydrogen-bond donors (Lipinski definition) is 0. The summed E-state index contributed by atoms with van der Waals surface area (Å²) in [7, 11) is 3.08. The third kappa shape index (κ3) is 3.61. The van der Waals surface area contributed by atoms with Crippen molar-refractivity contribution >= 4 is 23.5 Å². The summed E-state index contributed by atoms with van der Waals surface area (Å²) in [6.07, 6.45) is -0.585. The molecule has 7 heteroatoms. The summed E-state index contributed by atoms with van der Waals surface area (Å²) in [5, 5.41) is 3.67. The van der Waals surface area contributed by atoms with Crippen LogP contribution in [0.4, 0.5) is 10.6 Å². The van der Waals surface area contributed by atoms with Gasteiger partial charge in [0.15, 0.2) is 5.15 Å². The second-order valence-corrected chi connectivity index (χ2v) is 4.74. The molecule has 1 heterocycles. The molecule has 0 aliphatic heterocycles. The van der Waals surface area contributed by atoms with Gasteiger partial charge in [0, 0.05) is 20.2 Å². The molecule has 2 aromatic rings. The van der Waals surface area contributed by atoms with Crippen LogP contribution in [0.25, 0.3) is 0 Å². The number of amides is 1. The fraction of sp³-hybridized carbons (Fsp3) is 0.214. The maximum Gasteiger partial charge on any atom is 0.415 e. The van der Waals surface area contributed by atoms with Crippen molar-refractivity contribution in [3.05, 3.63) is 57.3 Å². The van der Waals surface area contributed by atoms with E-state index in [1.807, 2.05) is 30.3 Å². The molecule has 0 unspecified atom stereocenters. The summed E-state index contributed by atoms with van der Waals surface area (Å²) in [6, 6.07) is 10.5. The Morgan fingerprint density at radius 2 is 2.05 bits per heavy atom. The minimum atomic E-state index is -0.585. The summed E-state index contributed by atoms with van der Waals surface area (Å²) in [5.41, 5.74) is 0.426. The summed E-state index contributed by atoms with van der Waals surface area (Å²) in [6.45, 7) is 0.152. The first-order valence-corrected chi connectivity index (χ1v) is 6.55. The molecule has 0 N–H and O–H groups in total. The average molecular weight is 308 g/mol. The first-order chi connectivity index (χ1) is 9.99. The molecule has 0 saturated carbocycles. The first kappa shape index (κ1) is 15.1. The third-order valence-corrected chi connectivity index (χ3v) is 3.12. The number of aryl methyl sites for hydroxylation is 1. The normalized spacial score (nSPS) is 10.2. The predicted octanol–water partition coefficient (Wildman–Crippen LogP) is 2.21. The van der Waals surface area contributed by atoms with Crippen molar-refractivity contribution in [1.29, 1.82) is 0 Å². The summed E-state index contributed by atoms with van der Waals surface area (Å²) in [5.74, 6) is 0.294. The highest BCUT2D eigenvalue weighted by molar-refractivity contribution is 6.29. The van der Waals surface area contributed by atoms with Crippen molar-refractivity contribution in [3.63, 3.8) is 0 Å². The molecule has 1 aromatic carbocycles. The molecular formula is C14H14ClN3O3. The molecule has 0 saturated heterocycles. The Morgan fingerprint density at radius 3 is 2.71 bits per heavy atom. The monoisotopic (exact) mass is 307 g/mol. The molecule has 2 rings (SSSR count). The molecule has 1 amide bonds. The van der Waals surface area contributed by atoms with E-state index in [0.29, 0.717) is 5.82 Å². The zero-order chi connectivity index (χ0) is 15.4. The lowest BCUT2D eigenvalue weighted by Crippen LogP contribution is -2.31. The third-order valence-electron chi connectivity index (χ3n) is 2.86. The van der Waals surface area contributed by atoms with E-state index in [0.717, 1.165) is 5.56 Å². The fourth-order valence-corrected chi connectivity index (χ4v) is 1.89. The Labute approximate surface area is 126 Å². The van der Waals surface area contributed by atoms with Gasteiger partial charge >= 0.3 is 6.09 Å². The van der Waals surface area contributed by atoms with Crippen molar-refractivity contribution in [3.8, 4) is 0 Å². The SMILES string of the molecule is CN(C(=O)OCc1ccccc1)c1cc(=O)c(Cl)nn1C. The van der Waals surface area contributed by atoms with E-state index in [9.17, 15) is 9.59 Å². The minimum absolute atomic E-state index is 0.146. The molecular weight excluding hydrogens is 294 g/mol. The summed E-state index contributed by atoms with van der Waals surface area (Å²) < 4.78 is 6.52. The Hall–Kier alpha value is -2.34. The van der Waals surface area contributed by atoms with Gasteiger partial charge in [-0.25, -0.2) is 4.79 Å². The van der Waals surface area contributed by atoms with E-state index < -0.39 is 11.5 Å². The molecule has 0 spiro atoms. The average Bonchev–Trinajstić information content (AvgIpc) is 2.49. The van der Waals surface area contributed by atoms with E-state index in [1.54, 1.807) is 7.05 Å². The van der Waals surface area contributed by atoms with Crippen molar-refractivity contribution in [1.82, 2.24) is 9.78 Å². The number of aromatic nitrogens is 2. The predicted molar refractivity (Wildman–Crippen MR) is 79.5 cm³/mol. The molecule has 110 valence electrons. The minimum Gasteiger partial charge on any atom is -0.444 e. The smallest absolute Gasteiger partial charge is 0.415 e. The lowest BCUT2D eigenvalue weighted by atomic mass is 10.2. The highest BCUT2D eigenvalue weighted by atomic mass is 35.5. The molecule has 0 aliphatic rings. The van der Waals surface area contributed by atoms with E-state index >= 15 is 0 Å². The van der Waals surface area contributed by atoms with Gasteiger partial charge in [-0.15, -0.1) is 0 Å². The van der Waals surface area contributed by atoms with Gasteiger partial charge in [-0.3, -0.25) is 14.4 Å². The number of ether oxygens (including phenoxy) is 1. The molecule has 6 nitrogen and oxygen atoms in total. The molecule has 0 radical (unpaired) electrons. The Balaban J connectivity index is 2.09. The van der Waals surface area contributed by atoms with Gasteiger partial charge in [0.2, 0.25) is 5.43 Å². The Morgan fingerprint density at radius 1 is 1.38 bits per heavy atom. The van der Waals surface area contributed by atoms with Crippen LogP contribution in [0.15, 0.2) is 41.2 Å². The van der Waals surface area contributed by atoms with Crippen LogP contribution in [-0.4, -0.2) is 22.9 Å². The van der Waals surface area contributed by atoms with Gasteiger partial charge in [-0.1, -0.05) is 41.9 Å². The highest BCUT2D eigenvalue weighted by Gasteiger charge is 2.16. The Bertz CT molecular complexity index is 700. The van der Waals surface area contributed by atoms with Gasteiger partial charge in [0.1, 0.15) is 12.4 Å². The fourth-order valence-electron chi connectivity index (χ4n) is 1.73. The van der Waals surface area contributed by atoms with Crippen molar-refractivity contribution in [2.75, 3.05) is 11.9 Å². The maximum absolute atomic E-state index is 12.0. The molecule has 0 fully saturated rings. The number of hydrogen-bond acceptors (Lipinski definition) is 4. The first-order valence-electron chi connectivity index (χ1n) is 6.17. The highest BCUT2D eigenvalue weighted by Crippen LogP contribution is 2.11. The number of anilines is 1. The molecule has 0 bridgehead atoms. The van der Waals surface area contributed by atoms with Crippen molar-refractivity contribution in [2.45, 2.75) is 6.61 Å². The van der Waals surface area contributed by atoms with Crippen molar-refractivity contribution < 1.29 is 9.53 Å². The van der Waals surface area contributed by atoms with Crippen LogP contribution in [0.2, 0.25) is 5.15 Å². The zero-order valence-corrected chi connectivity index (χ0v) is 12.4. The lowest BCUT2D eigenvalue weighted by Gasteiger charge is -2.19. The second kappa shape index (κ2) is 6.41. The van der Waals surface area contributed by atoms with Gasteiger partial charge < -0.3 is 4.74 Å². The molecule has 1 aromatic heterocycles. The van der Waals surface area contributed by atoms with Crippen LogP contribution >= 0.6 is 11.6 Å². The lowest BCUT2D eigenvalue weighted by molar-refractivity contribution is 0.148. The van der Waals surface area contributed by atoms with E-state index in [1.165, 1.54) is 22.7 Å². The largest absolute Gasteiger partial charge is 0.444 e. The van der Waals surface area contributed by atoms with Gasteiger partial charge in [0.25, 0.3) is 0 Å². The van der Waals surface area contributed by atoms with Crippen molar-refractivity contribution in [2.24, 2.45) is 7.05 Å². The number of halogens is 1. The summed E-state index contributed by atoms with van der Waals surface area (Å²) >= 11 is 5.63. The van der Waals surface area contributed by atoms with Crippen LogP contribution in [0, 0.1) is 0 Å². The van der Waals surface area contributed by atoms with Crippen LogP contribution in [-0.2, 0) is 18.4 Å². The van der Waals surface area contributed by atoms with Gasteiger partial charge in [-0.2, -0.15) is 5.10 Å². The molecule has 21 heavy (non-hydrogen) atoms. The maximum atomic E-state index is 12.0. The number of rotatable bonds is 3. The summed E-state index contributed by atoms with van der Waals surface area (Å²) in [4.78, 5) is 24.7. The standard InChI is InChI=1S/C14H14ClN3O3/c1-17(12-8-11(19)13(15)16-18(12)2)14(20)21-9-10-6-4-3-5-7-10/h3-8H,9H2,1-2H3. The van der Waals surface area contributed by atoms with E-state index in [-0.39, 0.29) is 11.8 Å². The quantitative estimate of drug-likeness (QED) is 0.872. The number of carbonyl (C=O) groups excluding carboxylic acids is 1. The van der Waals surface area contributed by atoms with Gasteiger partial charge in [0.05, 0.1) is 0 Å². The topological polar surface area (TPSA) is 64.4 Å². The van der Waals surface area contributed by atoms with E-state index in [2.05, 4.69) is 5.10 Å². The number of carbonyl (C=O) groups is 1. The molecule has 0 aliphatic carbocycles. The van der Waals surface area contributed by atoms with Crippen LogP contribution in [0.5, 0.6) is 0 Å². The number of nitrogens with zero attached hydrogens (tertiary/aromatic N) is 3. The van der Waals surface area contributed by atoms with E-state index in [4.69, 9.17) is 16.3 Å². The number of benzene rings is 1. The van der Waals surface area contributed by atoms with Crippen LogP contribution in [0.1, 0.15) is 5.56 Å². The second-order valence-electron chi connectivity index (χ2n) is 4.38.